The molecule has 120 valence electrons. The number of halogens is 1. The summed E-state index contributed by atoms with van der Waals surface area (Å²) in [4.78, 5) is 15.5. The van der Waals surface area contributed by atoms with Crippen molar-refractivity contribution in [2.24, 2.45) is 0 Å². The van der Waals surface area contributed by atoms with Crippen LogP contribution < -0.4 is 5.32 Å². The Hall–Kier alpha value is -2.16. The summed E-state index contributed by atoms with van der Waals surface area (Å²) in [5.74, 6) is -0.0367. The lowest BCUT2D eigenvalue weighted by molar-refractivity contribution is -0.389. The number of fused-ring (bicyclic) bond motifs is 1. The molecule has 0 saturated carbocycles. The highest BCUT2D eigenvalue weighted by atomic mass is 35.5. The predicted octanol–water partition coefficient (Wildman–Crippen LogP) is 3.28. The Morgan fingerprint density at radius 1 is 1.52 bits per heavy atom. The van der Waals surface area contributed by atoms with Gasteiger partial charge in [-0.15, -0.1) is 0 Å². The van der Waals surface area contributed by atoms with Crippen LogP contribution in [0.4, 0.5) is 11.6 Å². The SMILES string of the molecule is CC(O)(CNc1nc2sccn2c1[N+](=O)[O-])c1ccccc1Cl. The number of anilines is 1. The second kappa shape index (κ2) is 5.80. The van der Waals surface area contributed by atoms with Gasteiger partial charge < -0.3 is 20.5 Å². The lowest BCUT2D eigenvalue weighted by Gasteiger charge is -2.25. The van der Waals surface area contributed by atoms with Crippen LogP contribution in [0.2, 0.25) is 5.02 Å². The normalized spacial score (nSPS) is 13.9. The first-order valence-corrected chi connectivity index (χ1v) is 7.97. The lowest BCUT2D eigenvalue weighted by atomic mass is 9.96. The number of thiazole rings is 1. The smallest absolute Gasteiger partial charge is 0.372 e. The van der Waals surface area contributed by atoms with Crippen molar-refractivity contribution < 1.29 is 10.0 Å². The van der Waals surface area contributed by atoms with Crippen LogP contribution >= 0.6 is 22.9 Å². The van der Waals surface area contributed by atoms with Crippen LogP contribution in [0.1, 0.15) is 12.5 Å². The van der Waals surface area contributed by atoms with Gasteiger partial charge in [0.2, 0.25) is 5.82 Å². The Morgan fingerprint density at radius 2 is 2.26 bits per heavy atom. The van der Waals surface area contributed by atoms with E-state index in [2.05, 4.69) is 10.3 Å². The van der Waals surface area contributed by atoms with Gasteiger partial charge in [0.1, 0.15) is 11.8 Å². The van der Waals surface area contributed by atoms with Gasteiger partial charge in [-0.2, -0.15) is 9.38 Å². The molecule has 1 unspecified atom stereocenters. The molecule has 0 saturated heterocycles. The van der Waals surface area contributed by atoms with E-state index >= 15 is 0 Å². The van der Waals surface area contributed by atoms with Crippen LogP contribution in [0, 0.1) is 10.1 Å². The fraction of sp³-hybridized carbons (Fsp3) is 0.214. The van der Waals surface area contributed by atoms with Crippen molar-refractivity contribution in [3.05, 3.63) is 56.5 Å². The molecular formula is C14H13ClN4O3S. The van der Waals surface area contributed by atoms with Gasteiger partial charge in [-0.3, -0.25) is 0 Å². The highest BCUT2D eigenvalue weighted by molar-refractivity contribution is 7.15. The molecule has 2 aromatic heterocycles. The predicted molar refractivity (Wildman–Crippen MR) is 89.2 cm³/mol. The maximum Gasteiger partial charge on any atom is 0.372 e. The number of hydrogen-bond acceptors (Lipinski definition) is 6. The van der Waals surface area contributed by atoms with Gasteiger partial charge in [0.15, 0.2) is 0 Å². The van der Waals surface area contributed by atoms with Crippen molar-refractivity contribution in [2.45, 2.75) is 12.5 Å². The molecule has 0 fully saturated rings. The first-order chi connectivity index (χ1) is 10.9. The molecule has 0 aliphatic carbocycles. The number of aliphatic hydroxyl groups is 1. The molecule has 0 aliphatic rings. The number of nitro groups is 1. The van der Waals surface area contributed by atoms with Crippen LogP contribution in [-0.4, -0.2) is 26.0 Å². The van der Waals surface area contributed by atoms with Gasteiger partial charge in [-0.25, -0.2) is 0 Å². The Morgan fingerprint density at radius 3 is 2.96 bits per heavy atom. The first-order valence-electron chi connectivity index (χ1n) is 6.71. The van der Waals surface area contributed by atoms with Crippen LogP contribution in [0.5, 0.6) is 0 Å². The van der Waals surface area contributed by atoms with Crippen LogP contribution in [0.15, 0.2) is 35.8 Å². The quantitative estimate of drug-likeness (QED) is 0.543. The zero-order valence-corrected chi connectivity index (χ0v) is 13.6. The van der Waals surface area contributed by atoms with Gasteiger partial charge in [0.25, 0.3) is 4.96 Å². The monoisotopic (exact) mass is 352 g/mol. The highest BCUT2D eigenvalue weighted by Crippen LogP contribution is 2.31. The van der Waals surface area contributed by atoms with Gasteiger partial charge >= 0.3 is 5.82 Å². The zero-order valence-electron chi connectivity index (χ0n) is 12.1. The molecule has 23 heavy (non-hydrogen) atoms. The van der Waals surface area contributed by atoms with E-state index in [9.17, 15) is 15.2 Å². The fourth-order valence-electron chi connectivity index (χ4n) is 2.32. The van der Waals surface area contributed by atoms with E-state index in [4.69, 9.17) is 11.6 Å². The summed E-state index contributed by atoms with van der Waals surface area (Å²) >= 11 is 7.40. The lowest BCUT2D eigenvalue weighted by Crippen LogP contribution is -2.31. The fourth-order valence-corrected chi connectivity index (χ4v) is 3.36. The molecule has 2 N–H and O–H groups in total. The minimum Gasteiger partial charge on any atom is -0.384 e. The largest absolute Gasteiger partial charge is 0.384 e. The van der Waals surface area contributed by atoms with Crippen molar-refractivity contribution in [1.82, 2.24) is 9.38 Å². The van der Waals surface area contributed by atoms with Crippen molar-refractivity contribution in [1.29, 1.82) is 0 Å². The van der Waals surface area contributed by atoms with Crippen LogP contribution in [-0.2, 0) is 5.60 Å². The Kier molecular flexibility index (Phi) is 3.97. The second-order valence-electron chi connectivity index (χ2n) is 5.20. The molecule has 1 atom stereocenters. The number of hydrogen-bond donors (Lipinski definition) is 2. The molecule has 0 radical (unpaired) electrons. The summed E-state index contributed by atoms with van der Waals surface area (Å²) < 4.78 is 1.40. The van der Waals surface area contributed by atoms with Crippen molar-refractivity contribution in [2.75, 3.05) is 11.9 Å². The van der Waals surface area contributed by atoms with E-state index in [-0.39, 0.29) is 18.2 Å². The number of nitrogens with one attached hydrogen (secondary N) is 1. The molecule has 2 heterocycles. The molecule has 0 spiro atoms. The summed E-state index contributed by atoms with van der Waals surface area (Å²) in [5.41, 5.74) is -0.763. The van der Waals surface area contributed by atoms with Crippen molar-refractivity contribution in [3.8, 4) is 0 Å². The summed E-state index contributed by atoms with van der Waals surface area (Å²) in [5, 5.41) is 26.9. The van der Waals surface area contributed by atoms with E-state index in [1.165, 1.54) is 15.7 Å². The third-order valence-electron chi connectivity index (χ3n) is 3.46. The molecule has 1 aromatic carbocycles. The molecule has 7 nitrogen and oxygen atoms in total. The molecule has 0 bridgehead atoms. The standard InChI is InChI=1S/C14H13ClN4O3S/c1-14(20,9-4-2-3-5-10(9)15)8-16-11-12(19(21)22)18-6-7-23-13(18)17-11/h2-7,16,20H,8H2,1H3. The number of imidazole rings is 1. The van der Waals surface area contributed by atoms with E-state index in [0.29, 0.717) is 15.5 Å². The Labute approximate surface area is 140 Å². The number of benzene rings is 1. The average Bonchev–Trinajstić information content (AvgIpc) is 3.05. The van der Waals surface area contributed by atoms with Gasteiger partial charge in [0, 0.05) is 22.5 Å². The maximum atomic E-state index is 11.3. The minimum absolute atomic E-state index is 0.0302. The molecule has 0 amide bonds. The second-order valence-corrected chi connectivity index (χ2v) is 6.48. The van der Waals surface area contributed by atoms with Crippen LogP contribution in [0.3, 0.4) is 0 Å². The third kappa shape index (κ3) is 2.88. The number of nitrogens with zero attached hydrogens (tertiary/aromatic N) is 3. The molecule has 3 aromatic rings. The zero-order chi connectivity index (χ0) is 16.6. The van der Waals surface area contributed by atoms with Crippen LogP contribution in [0.25, 0.3) is 4.96 Å². The summed E-state index contributed by atoms with van der Waals surface area (Å²) in [6.45, 7) is 1.62. The topological polar surface area (TPSA) is 92.7 Å². The van der Waals surface area contributed by atoms with Gasteiger partial charge in [-0.1, -0.05) is 41.1 Å². The Bertz CT molecular complexity index is 874. The van der Waals surface area contributed by atoms with E-state index in [1.807, 2.05) is 0 Å². The number of aromatic nitrogens is 2. The molecule has 0 aliphatic heterocycles. The van der Waals surface area contributed by atoms with Gasteiger partial charge in [-0.05, 0) is 17.9 Å². The summed E-state index contributed by atoms with van der Waals surface area (Å²) in [6, 6.07) is 6.93. The van der Waals surface area contributed by atoms with E-state index in [0.717, 1.165) is 0 Å². The molecule has 3 rings (SSSR count). The maximum absolute atomic E-state index is 11.3. The highest BCUT2D eigenvalue weighted by Gasteiger charge is 2.29. The summed E-state index contributed by atoms with van der Waals surface area (Å²) in [6.07, 6.45) is 1.59. The third-order valence-corrected chi connectivity index (χ3v) is 4.55. The summed E-state index contributed by atoms with van der Waals surface area (Å²) in [7, 11) is 0. The number of rotatable bonds is 5. The van der Waals surface area contributed by atoms with Crippen molar-refractivity contribution >= 4 is 39.5 Å². The minimum atomic E-state index is -1.30. The van der Waals surface area contributed by atoms with E-state index in [1.54, 1.807) is 42.8 Å². The van der Waals surface area contributed by atoms with Crippen molar-refractivity contribution in [3.63, 3.8) is 0 Å². The molecule has 9 heteroatoms. The van der Waals surface area contributed by atoms with Gasteiger partial charge in [0.05, 0.1) is 0 Å². The average molecular weight is 353 g/mol. The van der Waals surface area contributed by atoms with E-state index < -0.39 is 10.5 Å². The molecular weight excluding hydrogens is 340 g/mol. The first kappa shape index (κ1) is 15.7. The Balaban J connectivity index is 1.88.